The maximum atomic E-state index is 12.1. The van der Waals surface area contributed by atoms with Gasteiger partial charge in [0.1, 0.15) is 11.6 Å². The molecule has 1 atom stereocenters. The molecular weight excluding hydrogens is 430 g/mol. The molecular formula is C24H33N9O. The fourth-order valence-electron chi connectivity index (χ4n) is 4.21. The Morgan fingerprint density at radius 3 is 2.53 bits per heavy atom. The minimum atomic E-state index is -0.109. The van der Waals surface area contributed by atoms with Crippen LogP contribution in [0.5, 0.6) is 0 Å². The summed E-state index contributed by atoms with van der Waals surface area (Å²) in [5.41, 5.74) is 9.03. The Morgan fingerprint density at radius 1 is 1.12 bits per heavy atom. The fourth-order valence-corrected chi connectivity index (χ4v) is 4.21. The molecule has 10 nitrogen and oxygen atoms in total. The van der Waals surface area contributed by atoms with Crippen molar-refractivity contribution in [2.24, 2.45) is 0 Å². The van der Waals surface area contributed by atoms with Crippen LogP contribution in [0.4, 0.5) is 17.7 Å². The molecule has 0 aliphatic carbocycles. The number of likely N-dealkylation sites (N-methyl/N-ethyl adjacent to an activating group) is 1. The summed E-state index contributed by atoms with van der Waals surface area (Å²) in [5.74, 6) is 2.27. The van der Waals surface area contributed by atoms with Crippen molar-refractivity contribution in [2.75, 3.05) is 62.8 Å². The number of carbonyl (C=O) groups excluding carboxylic acids is 1. The lowest BCUT2D eigenvalue weighted by atomic mass is 10.0. The molecule has 1 unspecified atom stereocenters. The highest BCUT2D eigenvalue weighted by Gasteiger charge is 2.25. The van der Waals surface area contributed by atoms with Crippen LogP contribution in [0.25, 0.3) is 10.9 Å². The van der Waals surface area contributed by atoms with Gasteiger partial charge in [0.25, 0.3) is 0 Å². The third kappa shape index (κ3) is 5.17. The number of hydrogen-bond acceptors (Lipinski definition) is 9. The molecule has 1 aliphatic rings. The number of nitrogens with two attached hydrogens (primary N) is 1. The average Bonchev–Trinajstić information content (AvgIpc) is 2.78. The predicted octanol–water partition coefficient (Wildman–Crippen LogP) is 2.00. The molecule has 1 amide bonds. The monoisotopic (exact) mass is 463 g/mol. The van der Waals surface area contributed by atoms with Gasteiger partial charge in [-0.05, 0) is 32.4 Å². The summed E-state index contributed by atoms with van der Waals surface area (Å²) in [6, 6.07) is 8.31. The van der Waals surface area contributed by atoms with Crippen molar-refractivity contribution in [3.63, 3.8) is 0 Å². The SMILES string of the molecule is Cc1nc(N)nc(NC(C)c2cc3cccc(C)c3nc2N2CCN(CC(=O)N(C)C)CC2)n1. The Bertz CT molecular complexity index is 1170. The molecule has 2 aromatic heterocycles. The summed E-state index contributed by atoms with van der Waals surface area (Å²) >= 11 is 0. The van der Waals surface area contributed by atoms with E-state index in [2.05, 4.69) is 68.2 Å². The Labute approximate surface area is 200 Å². The summed E-state index contributed by atoms with van der Waals surface area (Å²) in [4.78, 5) is 36.1. The number of aryl methyl sites for hydroxylation is 2. The molecule has 3 aromatic rings. The molecule has 4 rings (SSSR count). The highest BCUT2D eigenvalue weighted by Crippen LogP contribution is 2.32. The number of nitrogen functional groups attached to an aromatic ring is 1. The zero-order valence-electron chi connectivity index (χ0n) is 20.5. The van der Waals surface area contributed by atoms with Crippen LogP contribution in [0.1, 0.15) is 29.9 Å². The molecule has 1 fully saturated rings. The number of pyridine rings is 1. The number of aromatic nitrogens is 4. The first-order valence-electron chi connectivity index (χ1n) is 11.5. The van der Waals surface area contributed by atoms with Gasteiger partial charge in [0.05, 0.1) is 18.1 Å². The summed E-state index contributed by atoms with van der Waals surface area (Å²) in [7, 11) is 3.59. The van der Waals surface area contributed by atoms with Crippen molar-refractivity contribution in [3.8, 4) is 0 Å². The average molecular weight is 464 g/mol. The van der Waals surface area contributed by atoms with E-state index in [1.54, 1.807) is 25.9 Å². The van der Waals surface area contributed by atoms with Gasteiger partial charge in [-0.25, -0.2) is 4.98 Å². The molecule has 3 heterocycles. The first-order valence-corrected chi connectivity index (χ1v) is 11.5. The van der Waals surface area contributed by atoms with E-state index >= 15 is 0 Å². The number of piperazine rings is 1. The molecule has 1 aliphatic heterocycles. The van der Waals surface area contributed by atoms with E-state index in [0.29, 0.717) is 18.3 Å². The lowest BCUT2D eigenvalue weighted by Gasteiger charge is -2.37. The number of para-hydroxylation sites is 1. The normalized spacial score (nSPS) is 15.4. The number of carbonyl (C=O) groups is 1. The van der Waals surface area contributed by atoms with Crippen molar-refractivity contribution >= 4 is 34.5 Å². The zero-order valence-corrected chi connectivity index (χ0v) is 20.5. The molecule has 0 spiro atoms. The van der Waals surface area contributed by atoms with Gasteiger partial charge in [0, 0.05) is 51.2 Å². The molecule has 0 radical (unpaired) electrons. The van der Waals surface area contributed by atoms with Crippen LogP contribution >= 0.6 is 0 Å². The van der Waals surface area contributed by atoms with Crippen LogP contribution in [0.15, 0.2) is 24.3 Å². The van der Waals surface area contributed by atoms with Gasteiger partial charge in [0.2, 0.25) is 17.8 Å². The van der Waals surface area contributed by atoms with Gasteiger partial charge >= 0.3 is 0 Å². The van der Waals surface area contributed by atoms with Crippen LogP contribution in [0, 0.1) is 13.8 Å². The molecule has 1 aromatic carbocycles. The first kappa shape index (κ1) is 23.6. The Balaban J connectivity index is 1.63. The van der Waals surface area contributed by atoms with Gasteiger partial charge < -0.3 is 20.9 Å². The van der Waals surface area contributed by atoms with E-state index in [1.807, 2.05) is 0 Å². The number of rotatable bonds is 6. The van der Waals surface area contributed by atoms with Crippen molar-refractivity contribution < 1.29 is 4.79 Å². The molecule has 1 saturated heterocycles. The van der Waals surface area contributed by atoms with E-state index < -0.39 is 0 Å². The maximum absolute atomic E-state index is 12.1. The smallest absolute Gasteiger partial charge is 0.236 e. The first-order chi connectivity index (χ1) is 16.2. The number of amides is 1. The lowest BCUT2D eigenvalue weighted by Crippen LogP contribution is -2.49. The largest absolute Gasteiger partial charge is 0.368 e. The molecule has 180 valence electrons. The number of hydrogen-bond donors (Lipinski definition) is 2. The van der Waals surface area contributed by atoms with Gasteiger partial charge in [-0.15, -0.1) is 0 Å². The van der Waals surface area contributed by atoms with Crippen LogP contribution in [-0.4, -0.2) is 82.5 Å². The minimum absolute atomic E-state index is 0.109. The summed E-state index contributed by atoms with van der Waals surface area (Å²) in [6.45, 7) is 9.58. The standard InChI is InChI=1S/C24H33N9O/c1-15-7-6-8-18-13-19(16(2)26-24-28-17(3)27-23(25)30-24)22(29-21(15)18)33-11-9-32(10-12-33)14-20(34)31(4)5/h6-8,13,16H,9-12,14H2,1-5H3,(H3,25,26,27,28,30). The summed E-state index contributed by atoms with van der Waals surface area (Å²) < 4.78 is 0. The van der Waals surface area contributed by atoms with E-state index in [9.17, 15) is 4.79 Å². The molecule has 10 heteroatoms. The number of nitrogens with one attached hydrogen (secondary N) is 1. The second kappa shape index (κ2) is 9.76. The minimum Gasteiger partial charge on any atom is -0.368 e. The fraction of sp³-hybridized carbons (Fsp3) is 0.458. The van der Waals surface area contributed by atoms with Crippen molar-refractivity contribution in [1.82, 2.24) is 29.7 Å². The summed E-state index contributed by atoms with van der Waals surface area (Å²) in [6.07, 6.45) is 0. The van der Waals surface area contributed by atoms with Gasteiger partial charge in [-0.1, -0.05) is 18.2 Å². The Hall–Kier alpha value is -3.53. The van der Waals surface area contributed by atoms with Crippen molar-refractivity contribution in [3.05, 3.63) is 41.2 Å². The van der Waals surface area contributed by atoms with Crippen molar-refractivity contribution in [2.45, 2.75) is 26.8 Å². The van der Waals surface area contributed by atoms with E-state index in [4.69, 9.17) is 10.7 Å². The second-order valence-electron chi connectivity index (χ2n) is 9.03. The zero-order chi connectivity index (χ0) is 24.4. The molecule has 34 heavy (non-hydrogen) atoms. The predicted molar refractivity (Wildman–Crippen MR) is 135 cm³/mol. The maximum Gasteiger partial charge on any atom is 0.236 e. The highest BCUT2D eigenvalue weighted by molar-refractivity contribution is 5.85. The quantitative estimate of drug-likeness (QED) is 0.566. The van der Waals surface area contributed by atoms with Crippen LogP contribution in [-0.2, 0) is 4.79 Å². The Kier molecular flexibility index (Phi) is 6.78. The third-order valence-electron chi connectivity index (χ3n) is 6.16. The van der Waals surface area contributed by atoms with Crippen molar-refractivity contribution in [1.29, 1.82) is 0 Å². The molecule has 0 bridgehead atoms. The lowest BCUT2D eigenvalue weighted by molar-refractivity contribution is -0.129. The van der Waals surface area contributed by atoms with Gasteiger partial charge in [-0.2, -0.15) is 15.0 Å². The van der Waals surface area contributed by atoms with Crippen LogP contribution in [0.2, 0.25) is 0 Å². The third-order valence-corrected chi connectivity index (χ3v) is 6.16. The number of fused-ring (bicyclic) bond motifs is 1. The highest BCUT2D eigenvalue weighted by atomic mass is 16.2. The topological polar surface area (TPSA) is 116 Å². The van der Waals surface area contributed by atoms with E-state index in [-0.39, 0.29) is 17.9 Å². The number of benzene rings is 1. The van der Waals surface area contributed by atoms with Crippen LogP contribution < -0.4 is 16.0 Å². The van der Waals surface area contributed by atoms with Gasteiger partial charge in [0.15, 0.2) is 0 Å². The second-order valence-corrected chi connectivity index (χ2v) is 9.03. The number of anilines is 3. The van der Waals surface area contributed by atoms with E-state index in [0.717, 1.165) is 54.0 Å². The van der Waals surface area contributed by atoms with E-state index in [1.165, 1.54) is 0 Å². The van der Waals surface area contributed by atoms with Gasteiger partial charge in [-0.3, -0.25) is 9.69 Å². The van der Waals surface area contributed by atoms with Crippen LogP contribution in [0.3, 0.4) is 0 Å². The molecule has 0 saturated carbocycles. The molecule has 3 N–H and O–H groups in total. The summed E-state index contributed by atoms with van der Waals surface area (Å²) in [5, 5.41) is 4.47. The Morgan fingerprint density at radius 2 is 1.85 bits per heavy atom. The number of nitrogens with zero attached hydrogens (tertiary/aromatic N) is 7.